The molecule has 0 bridgehead atoms. The molecule has 1 aliphatic carbocycles. The first-order chi connectivity index (χ1) is 11.9. The van der Waals surface area contributed by atoms with E-state index in [1.807, 2.05) is 0 Å². The third-order valence-corrected chi connectivity index (χ3v) is 3.95. The van der Waals surface area contributed by atoms with Crippen molar-refractivity contribution >= 4 is 11.6 Å². The number of benzene rings is 2. The molecule has 1 N–H and O–H groups in total. The largest absolute Gasteiger partial charge is 0.476 e. The molecule has 1 amide bonds. The highest BCUT2D eigenvalue weighted by Crippen LogP contribution is 2.28. The highest BCUT2D eigenvalue weighted by atomic mass is 19.1. The Labute approximate surface area is 143 Å². The van der Waals surface area contributed by atoms with Gasteiger partial charge in [-0.2, -0.15) is 0 Å². The molecule has 0 aromatic heterocycles. The number of nitrogens with zero attached hydrogens (tertiary/aromatic N) is 1. The summed E-state index contributed by atoms with van der Waals surface area (Å²) in [6, 6.07) is 9.96. The first-order valence-corrected chi connectivity index (χ1v) is 7.91. The van der Waals surface area contributed by atoms with Crippen LogP contribution in [0, 0.1) is 22.9 Å². The van der Waals surface area contributed by atoms with Crippen LogP contribution in [-0.2, 0) is 4.79 Å². The average Bonchev–Trinajstić information content (AvgIpc) is 3.37. The van der Waals surface area contributed by atoms with Crippen LogP contribution < -0.4 is 10.1 Å². The van der Waals surface area contributed by atoms with Gasteiger partial charge in [-0.3, -0.25) is 14.9 Å². The molecule has 3 rings (SSSR count). The Bertz CT molecular complexity index is 803. The number of ether oxygens (including phenoxy) is 1. The van der Waals surface area contributed by atoms with E-state index in [0.29, 0.717) is 16.9 Å². The van der Waals surface area contributed by atoms with E-state index in [0.717, 1.165) is 12.8 Å². The second-order valence-corrected chi connectivity index (χ2v) is 6.04. The van der Waals surface area contributed by atoms with Gasteiger partial charge in [0.2, 0.25) is 6.10 Å². The molecule has 1 atom stereocenters. The standard InChI is InChI=1S/C18H17FN2O4/c1-11-10-15(8-9-16(11)21(23)24)25-17(18(22)20-14-6-7-14)12-2-4-13(19)5-3-12/h2-5,8-10,14,17H,6-7H2,1H3,(H,20,22)/t17-/m0/s1. The summed E-state index contributed by atoms with van der Waals surface area (Å²) < 4.78 is 19.0. The van der Waals surface area contributed by atoms with Crippen LogP contribution in [-0.4, -0.2) is 16.9 Å². The van der Waals surface area contributed by atoms with Crippen LogP contribution in [0.1, 0.15) is 30.1 Å². The summed E-state index contributed by atoms with van der Waals surface area (Å²) in [7, 11) is 0. The number of hydrogen-bond acceptors (Lipinski definition) is 4. The van der Waals surface area contributed by atoms with Crippen molar-refractivity contribution in [1.82, 2.24) is 5.32 Å². The molecule has 2 aromatic rings. The van der Waals surface area contributed by atoms with Crippen molar-refractivity contribution in [2.24, 2.45) is 0 Å². The minimum absolute atomic E-state index is 0.0203. The second kappa shape index (κ2) is 6.88. The van der Waals surface area contributed by atoms with Gasteiger partial charge in [-0.15, -0.1) is 0 Å². The molecule has 2 aromatic carbocycles. The van der Waals surface area contributed by atoms with Crippen molar-refractivity contribution in [3.8, 4) is 5.75 Å². The predicted octanol–water partition coefficient (Wildman–Crippen LogP) is 3.44. The van der Waals surface area contributed by atoms with Crippen LogP contribution in [0.5, 0.6) is 5.75 Å². The quantitative estimate of drug-likeness (QED) is 0.643. The summed E-state index contributed by atoms with van der Waals surface area (Å²) in [5, 5.41) is 13.8. The van der Waals surface area contributed by atoms with Gasteiger partial charge in [0.05, 0.1) is 4.92 Å². The summed E-state index contributed by atoms with van der Waals surface area (Å²) in [5.74, 6) is -0.384. The van der Waals surface area contributed by atoms with E-state index < -0.39 is 16.8 Å². The zero-order chi connectivity index (χ0) is 18.0. The third kappa shape index (κ3) is 4.12. The molecule has 1 fully saturated rings. The first kappa shape index (κ1) is 16.9. The van der Waals surface area contributed by atoms with Crippen LogP contribution in [0.4, 0.5) is 10.1 Å². The number of nitro groups is 1. The number of halogens is 1. The number of amides is 1. The number of nitrogens with one attached hydrogen (secondary N) is 1. The van der Waals surface area contributed by atoms with Crippen LogP contribution in [0.25, 0.3) is 0 Å². The molecular formula is C18H17FN2O4. The smallest absolute Gasteiger partial charge is 0.272 e. The lowest BCUT2D eigenvalue weighted by atomic mass is 10.1. The van der Waals surface area contributed by atoms with E-state index in [-0.39, 0.29) is 17.6 Å². The molecule has 130 valence electrons. The van der Waals surface area contributed by atoms with Crippen LogP contribution in [0.15, 0.2) is 42.5 Å². The van der Waals surface area contributed by atoms with Crippen molar-refractivity contribution in [2.75, 3.05) is 0 Å². The van der Waals surface area contributed by atoms with Crippen molar-refractivity contribution in [2.45, 2.75) is 31.9 Å². The molecule has 0 radical (unpaired) electrons. The van der Waals surface area contributed by atoms with Gasteiger partial charge < -0.3 is 10.1 Å². The molecule has 7 heteroatoms. The maximum Gasteiger partial charge on any atom is 0.272 e. The summed E-state index contributed by atoms with van der Waals surface area (Å²) in [5.41, 5.74) is 0.923. The van der Waals surface area contributed by atoms with E-state index in [1.54, 1.807) is 6.92 Å². The number of nitro benzene ring substituents is 1. The van der Waals surface area contributed by atoms with E-state index >= 15 is 0 Å². The molecule has 0 unspecified atom stereocenters. The first-order valence-electron chi connectivity index (χ1n) is 7.91. The summed E-state index contributed by atoms with van der Waals surface area (Å²) >= 11 is 0. The van der Waals surface area contributed by atoms with Gasteiger partial charge in [0.15, 0.2) is 0 Å². The predicted molar refractivity (Wildman–Crippen MR) is 88.8 cm³/mol. The van der Waals surface area contributed by atoms with Crippen molar-refractivity contribution in [1.29, 1.82) is 0 Å². The van der Waals surface area contributed by atoms with Gasteiger partial charge >= 0.3 is 0 Å². The maximum atomic E-state index is 13.2. The topological polar surface area (TPSA) is 81.5 Å². The molecule has 0 spiro atoms. The van der Waals surface area contributed by atoms with Crippen molar-refractivity contribution in [3.63, 3.8) is 0 Å². The Morgan fingerprint density at radius 3 is 2.52 bits per heavy atom. The summed E-state index contributed by atoms with van der Waals surface area (Å²) in [6.07, 6.45) is 0.902. The molecule has 1 aliphatic rings. The lowest BCUT2D eigenvalue weighted by Gasteiger charge is -2.19. The number of rotatable bonds is 6. The Morgan fingerprint density at radius 1 is 1.28 bits per heavy atom. The molecular weight excluding hydrogens is 327 g/mol. The minimum Gasteiger partial charge on any atom is -0.476 e. The fourth-order valence-electron chi connectivity index (χ4n) is 2.46. The minimum atomic E-state index is -0.956. The zero-order valence-electron chi connectivity index (χ0n) is 13.6. The SMILES string of the molecule is Cc1cc(O[C@H](C(=O)NC2CC2)c2ccc(F)cc2)ccc1[N+](=O)[O-]. The second-order valence-electron chi connectivity index (χ2n) is 6.04. The normalized spacial score (nSPS) is 14.6. The maximum absolute atomic E-state index is 13.2. The highest BCUT2D eigenvalue weighted by molar-refractivity contribution is 5.83. The van der Waals surface area contributed by atoms with E-state index in [9.17, 15) is 19.3 Å². The zero-order valence-corrected chi connectivity index (χ0v) is 13.6. The fraction of sp³-hybridized carbons (Fsp3) is 0.278. The van der Waals surface area contributed by atoms with Gasteiger partial charge in [0.25, 0.3) is 11.6 Å². The van der Waals surface area contributed by atoms with E-state index in [1.165, 1.54) is 42.5 Å². The van der Waals surface area contributed by atoms with Crippen LogP contribution >= 0.6 is 0 Å². The van der Waals surface area contributed by atoms with E-state index in [2.05, 4.69) is 5.32 Å². The monoisotopic (exact) mass is 344 g/mol. The van der Waals surface area contributed by atoms with Gasteiger partial charge in [-0.1, -0.05) is 12.1 Å². The Morgan fingerprint density at radius 2 is 1.96 bits per heavy atom. The number of hydrogen-bond donors (Lipinski definition) is 1. The molecule has 0 heterocycles. The molecule has 25 heavy (non-hydrogen) atoms. The van der Waals surface area contributed by atoms with Gasteiger partial charge in [-0.25, -0.2) is 4.39 Å². The fourth-order valence-corrected chi connectivity index (χ4v) is 2.46. The highest BCUT2D eigenvalue weighted by Gasteiger charge is 2.30. The lowest BCUT2D eigenvalue weighted by Crippen LogP contribution is -2.33. The van der Waals surface area contributed by atoms with Gasteiger partial charge in [0.1, 0.15) is 11.6 Å². The molecule has 1 saturated carbocycles. The summed E-state index contributed by atoms with van der Waals surface area (Å²) in [4.78, 5) is 22.9. The number of carbonyl (C=O) groups is 1. The van der Waals surface area contributed by atoms with Crippen molar-refractivity contribution in [3.05, 3.63) is 69.5 Å². The Hall–Kier alpha value is -2.96. The Balaban J connectivity index is 1.86. The van der Waals surface area contributed by atoms with E-state index in [4.69, 9.17) is 4.74 Å². The van der Waals surface area contributed by atoms with Gasteiger partial charge in [-0.05, 0) is 44.0 Å². The average molecular weight is 344 g/mol. The lowest BCUT2D eigenvalue weighted by molar-refractivity contribution is -0.385. The van der Waals surface area contributed by atoms with Crippen LogP contribution in [0.2, 0.25) is 0 Å². The Kier molecular flexibility index (Phi) is 4.65. The van der Waals surface area contributed by atoms with Crippen molar-refractivity contribution < 1.29 is 18.8 Å². The molecule has 6 nitrogen and oxygen atoms in total. The van der Waals surface area contributed by atoms with Crippen LogP contribution in [0.3, 0.4) is 0 Å². The molecule has 0 saturated heterocycles. The molecule has 0 aliphatic heterocycles. The summed E-state index contributed by atoms with van der Waals surface area (Å²) in [6.45, 7) is 1.60. The third-order valence-electron chi connectivity index (χ3n) is 3.95. The number of aryl methyl sites for hydroxylation is 1. The van der Waals surface area contributed by atoms with Gasteiger partial charge in [0, 0.05) is 23.2 Å². The number of carbonyl (C=O) groups excluding carboxylic acids is 1.